The van der Waals surface area contributed by atoms with E-state index in [9.17, 15) is 4.79 Å². The van der Waals surface area contributed by atoms with Gasteiger partial charge in [-0.15, -0.1) is 0 Å². The maximum absolute atomic E-state index is 10.7. The standard InChI is InChI=1S/C10H22N2O3/c11-4-3-7-14-5-1-2-6-15-9-10(13)8-12/h1-9,11-12H2. The van der Waals surface area contributed by atoms with Crippen LogP contribution in [0, 0.1) is 0 Å². The quantitative estimate of drug-likeness (QED) is 0.464. The van der Waals surface area contributed by atoms with E-state index in [4.69, 9.17) is 20.9 Å². The summed E-state index contributed by atoms with van der Waals surface area (Å²) in [4.78, 5) is 10.7. The van der Waals surface area contributed by atoms with Crippen LogP contribution in [0.15, 0.2) is 0 Å². The summed E-state index contributed by atoms with van der Waals surface area (Å²) >= 11 is 0. The molecule has 0 rings (SSSR count). The van der Waals surface area contributed by atoms with E-state index in [1.54, 1.807) is 0 Å². The van der Waals surface area contributed by atoms with Gasteiger partial charge in [-0.1, -0.05) is 0 Å². The highest BCUT2D eigenvalue weighted by molar-refractivity contribution is 5.81. The zero-order valence-corrected chi connectivity index (χ0v) is 9.24. The maximum Gasteiger partial charge on any atom is 0.171 e. The molecule has 0 atom stereocenters. The first kappa shape index (κ1) is 14.5. The van der Waals surface area contributed by atoms with Crippen molar-refractivity contribution in [2.24, 2.45) is 11.5 Å². The van der Waals surface area contributed by atoms with Gasteiger partial charge in [-0.25, -0.2) is 0 Å². The van der Waals surface area contributed by atoms with E-state index >= 15 is 0 Å². The van der Waals surface area contributed by atoms with Crippen molar-refractivity contribution >= 4 is 5.78 Å². The van der Waals surface area contributed by atoms with Crippen molar-refractivity contribution in [3.63, 3.8) is 0 Å². The summed E-state index contributed by atoms with van der Waals surface area (Å²) in [6, 6.07) is 0. The molecule has 0 bridgehead atoms. The number of unbranched alkanes of at least 4 members (excludes halogenated alkanes) is 1. The minimum atomic E-state index is -0.0609. The third kappa shape index (κ3) is 11.4. The molecule has 15 heavy (non-hydrogen) atoms. The largest absolute Gasteiger partial charge is 0.381 e. The average molecular weight is 218 g/mol. The van der Waals surface area contributed by atoms with Crippen molar-refractivity contribution in [3.05, 3.63) is 0 Å². The summed E-state index contributed by atoms with van der Waals surface area (Å²) < 4.78 is 10.4. The fourth-order valence-electron chi connectivity index (χ4n) is 0.941. The van der Waals surface area contributed by atoms with Crippen molar-refractivity contribution in [2.75, 3.05) is 39.5 Å². The first-order valence-corrected chi connectivity index (χ1v) is 5.38. The van der Waals surface area contributed by atoms with Gasteiger partial charge in [0.15, 0.2) is 5.78 Å². The molecule has 90 valence electrons. The number of rotatable bonds is 11. The van der Waals surface area contributed by atoms with E-state index in [0.717, 1.165) is 32.5 Å². The van der Waals surface area contributed by atoms with Crippen molar-refractivity contribution < 1.29 is 14.3 Å². The van der Waals surface area contributed by atoms with Gasteiger partial charge >= 0.3 is 0 Å². The topological polar surface area (TPSA) is 87.6 Å². The van der Waals surface area contributed by atoms with Crippen LogP contribution < -0.4 is 11.5 Å². The van der Waals surface area contributed by atoms with E-state index in [-0.39, 0.29) is 18.9 Å². The van der Waals surface area contributed by atoms with Gasteiger partial charge in [-0.05, 0) is 25.8 Å². The van der Waals surface area contributed by atoms with Gasteiger partial charge in [0.25, 0.3) is 0 Å². The van der Waals surface area contributed by atoms with Gasteiger partial charge < -0.3 is 20.9 Å². The second kappa shape index (κ2) is 11.6. The Morgan fingerprint density at radius 1 is 0.933 bits per heavy atom. The smallest absolute Gasteiger partial charge is 0.171 e. The molecule has 0 radical (unpaired) electrons. The van der Waals surface area contributed by atoms with Gasteiger partial charge in [0.05, 0.1) is 6.54 Å². The summed E-state index contributed by atoms with van der Waals surface area (Å²) in [6.07, 6.45) is 2.75. The number of Topliss-reactive ketones (excluding diaryl/α,β-unsaturated/α-hetero) is 1. The van der Waals surface area contributed by atoms with E-state index < -0.39 is 0 Å². The molecule has 0 aromatic heterocycles. The molecule has 0 aliphatic rings. The number of carbonyl (C=O) groups is 1. The molecule has 0 aliphatic heterocycles. The molecule has 0 unspecified atom stereocenters. The van der Waals surface area contributed by atoms with E-state index in [2.05, 4.69) is 0 Å². The van der Waals surface area contributed by atoms with Crippen molar-refractivity contribution in [3.8, 4) is 0 Å². The summed E-state index contributed by atoms with van der Waals surface area (Å²) in [5, 5.41) is 0. The fourth-order valence-corrected chi connectivity index (χ4v) is 0.941. The first-order valence-electron chi connectivity index (χ1n) is 5.38. The van der Waals surface area contributed by atoms with E-state index in [1.165, 1.54) is 0 Å². The number of nitrogens with two attached hydrogens (primary N) is 2. The number of hydrogen-bond donors (Lipinski definition) is 2. The molecular formula is C10H22N2O3. The number of ketones is 1. The minimum absolute atomic E-state index is 0.0577. The van der Waals surface area contributed by atoms with Gasteiger partial charge in [0, 0.05) is 19.8 Å². The third-order valence-electron chi connectivity index (χ3n) is 1.81. The van der Waals surface area contributed by atoms with Crippen LogP contribution in [0.2, 0.25) is 0 Å². The zero-order chi connectivity index (χ0) is 11.4. The molecule has 0 aliphatic carbocycles. The molecule has 5 nitrogen and oxygen atoms in total. The Kier molecular flexibility index (Phi) is 11.2. The van der Waals surface area contributed by atoms with Gasteiger partial charge in [0.2, 0.25) is 0 Å². The lowest BCUT2D eigenvalue weighted by atomic mass is 10.3. The highest BCUT2D eigenvalue weighted by atomic mass is 16.5. The molecule has 0 heterocycles. The number of hydrogen-bond acceptors (Lipinski definition) is 5. The van der Waals surface area contributed by atoms with Gasteiger partial charge in [-0.2, -0.15) is 0 Å². The Morgan fingerprint density at radius 3 is 2.13 bits per heavy atom. The zero-order valence-electron chi connectivity index (χ0n) is 9.24. The van der Waals surface area contributed by atoms with Crippen LogP contribution in [-0.2, 0) is 14.3 Å². The summed E-state index contributed by atoms with van der Waals surface area (Å²) in [6.45, 7) is 2.90. The SMILES string of the molecule is NCCCOCCCCOCC(=O)CN. The molecule has 0 spiro atoms. The summed E-state index contributed by atoms with van der Waals surface area (Å²) in [7, 11) is 0. The fraction of sp³-hybridized carbons (Fsp3) is 0.900. The predicted molar refractivity (Wildman–Crippen MR) is 58.6 cm³/mol. The first-order chi connectivity index (χ1) is 7.31. The Labute approximate surface area is 91.1 Å². The van der Waals surface area contributed by atoms with Crippen LogP contribution >= 0.6 is 0 Å². The number of carbonyl (C=O) groups excluding carboxylic acids is 1. The average Bonchev–Trinajstić information content (AvgIpc) is 2.26. The van der Waals surface area contributed by atoms with Gasteiger partial charge in [-0.3, -0.25) is 4.79 Å². The maximum atomic E-state index is 10.7. The van der Waals surface area contributed by atoms with Crippen molar-refractivity contribution in [1.29, 1.82) is 0 Å². The lowest BCUT2D eigenvalue weighted by molar-refractivity contribution is -0.122. The Morgan fingerprint density at radius 2 is 1.53 bits per heavy atom. The monoisotopic (exact) mass is 218 g/mol. The predicted octanol–water partition coefficient (Wildman–Crippen LogP) is -0.324. The summed E-state index contributed by atoms with van der Waals surface area (Å²) in [5.41, 5.74) is 10.4. The van der Waals surface area contributed by atoms with E-state index in [1.807, 2.05) is 0 Å². The molecule has 5 heteroatoms. The Hall–Kier alpha value is -0.490. The third-order valence-corrected chi connectivity index (χ3v) is 1.81. The molecule has 0 aromatic carbocycles. The highest BCUT2D eigenvalue weighted by Gasteiger charge is 1.97. The molecule has 0 aromatic rings. The molecule has 0 saturated carbocycles. The molecular weight excluding hydrogens is 196 g/mol. The Bertz CT molecular complexity index is 154. The van der Waals surface area contributed by atoms with Crippen LogP contribution in [0.3, 0.4) is 0 Å². The number of ether oxygens (including phenoxy) is 2. The lowest BCUT2D eigenvalue weighted by Gasteiger charge is -2.04. The van der Waals surface area contributed by atoms with Crippen LogP contribution in [0.4, 0.5) is 0 Å². The highest BCUT2D eigenvalue weighted by Crippen LogP contribution is 1.92. The molecule has 4 N–H and O–H groups in total. The lowest BCUT2D eigenvalue weighted by Crippen LogP contribution is -2.19. The second-order valence-corrected chi connectivity index (χ2v) is 3.26. The van der Waals surface area contributed by atoms with Gasteiger partial charge in [0.1, 0.15) is 6.61 Å². The van der Waals surface area contributed by atoms with Crippen molar-refractivity contribution in [2.45, 2.75) is 19.3 Å². The molecule has 0 amide bonds. The van der Waals surface area contributed by atoms with Crippen LogP contribution in [0.1, 0.15) is 19.3 Å². The van der Waals surface area contributed by atoms with Crippen LogP contribution in [0.5, 0.6) is 0 Å². The molecule has 0 saturated heterocycles. The molecule has 0 fully saturated rings. The second-order valence-electron chi connectivity index (χ2n) is 3.26. The minimum Gasteiger partial charge on any atom is -0.381 e. The van der Waals surface area contributed by atoms with Crippen molar-refractivity contribution in [1.82, 2.24) is 0 Å². The van der Waals surface area contributed by atoms with Crippen LogP contribution in [0.25, 0.3) is 0 Å². The van der Waals surface area contributed by atoms with E-state index in [0.29, 0.717) is 13.2 Å². The summed E-state index contributed by atoms with van der Waals surface area (Å²) in [5.74, 6) is -0.0609. The van der Waals surface area contributed by atoms with Crippen LogP contribution in [-0.4, -0.2) is 45.3 Å². The Balaban J connectivity index is 2.95. The normalized spacial score (nSPS) is 10.5.